The lowest BCUT2D eigenvalue weighted by Gasteiger charge is -2.13. The van der Waals surface area contributed by atoms with Gasteiger partial charge in [0.15, 0.2) is 0 Å². The van der Waals surface area contributed by atoms with Gasteiger partial charge in [-0.15, -0.1) is 0 Å². The van der Waals surface area contributed by atoms with Crippen LogP contribution in [0.1, 0.15) is 20.8 Å². The molecule has 0 fully saturated rings. The van der Waals surface area contributed by atoms with Gasteiger partial charge in [-0.05, 0) is 19.6 Å². The summed E-state index contributed by atoms with van der Waals surface area (Å²) in [6.45, 7) is 9.88. The van der Waals surface area contributed by atoms with Crippen molar-refractivity contribution >= 4 is 6.47 Å². The van der Waals surface area contributed by atoms with Crippen molar-refractivity contribution in [2.45, 2.75) is 20.8 Å². The molecule has 11 heavy (non-hydrogen) atoms. The minimum atomic E-state index is -0.250. The van der Waals surface area contributed by atoms with Crippen molar-refractivity contribution in [3.8, 4) is 0 Å². The van der Waals surface area contributed by atoms with E-state index in [1.165, 1.54) is 19.6 Å². The summed E-state index contributed by atoms with van der Waals surface area (Å²) in [5.41, 5.74) is 0. The van der Waals surface area contributed by atoms with E-state index in [-0.39, 0.29) is 12.6 Å². The highest BCUT2D eigenvalue weighted by Gasteiger charge is 1.89. The van der Waals surface area contributed by atoms with Crippen molar-refractivity contribution < 1.29 is 9.90 Å². The Hall–Kier alpha value is -0.610. The fraction of sp³-hybridized carbons (Fsp3) is 0.857. The van der Waals surface area contributed by atoms with E-state index in [2.05, 4.69) is 25.7 Å². The molecule has 4 heteroatoms. The summed E-state index contributed by atoms with van der Waals surface area (Å²) in [4.78, 5) is 10.7. The molecule has 0 aromatic heterocycles. The summed E-state index contributed by atoms with van der Waals surface area (Å²) in [6.07, 6.45) is 0. The first-order chi connectivity index (χ1) is 4.76. The molecule has 0 amide bonds. The zero-order valence-electron chi connectivity index (χ0n) is 7.71. The van der Waals surface area contributed by atoms with Gasteiger partial charge in [0.05, 0.1) is 0 Å². The van der Waals surface area contributed by atoms with E-state index in [1.807, 2.05) is 0 Å². The Balaban J connectivity index is -0.000000140. The molecule has 0 saturated carbocycles. The minimum absolute atomic E-state index is 0. The molecular formula is C7H20N2O2. The van der Waals surface area contributed by atoms with Crippen molar-refractivity contribution in [2.24, 2.45) is 0 Å². The van der Waals surface area contributed by atoms with Crippen LogP contribution < -0.4 is 6.15 Å². The lowest BCUT2D eigenvalue weighted by atomic mass is 10.5. The zero-order valence-corrected chi connectivity index (χ0v) is 7.71. The average Bonchev–Trinajstić information content (AvgIpc) is 1.93. The van der Waals surface area contributed by atoms with Crippen LogP contribution in [0.2, 0.25) is 0 Å². The molecule has 0 aromatic carbocycles. The van der Waals surface area contributed by atoms with E-state index in [4.69, 9.17) is 9.90 Å². The Kier molecular flexibility index (Phi) is 24.7. The predicted octanol–water partition coefficient (Wildman–Crippen LogP) is 1.21. The maximum Gasteiger partial charge on any atom is 0.290 e. The monoisotopic (exact) mass is 164 g/mol. The van der Waals surface area contributed by atoms with Gasteiger partial charge >= 0.3 is 0 Å². The summed E-state index contributed by atoms with van der Waals surface area (Å²) >= 11 is 0. The molecular weight excluding hydrogens is 144 g/mol. The van der Waals surface area contributed by atoms with E-state index >= 15 is 0 Å². The highest BCUT2D eigenvalue weighted by molar-refractivity contribution is 5.32. The smallest absolute Gasteiger partial charge is 0.290 e. The van der Waals surface area contributed by atoms with Crippen LogP contribution in [0.5, 0.6) is 0 Å². The standard InChI is InChI=1S/C6H15N.CH2O2.H3N/c1-4-7(5-2)6-3;2-1-3;/h4-6H2,1-3H3;1H,(H,2,3);1H3. The molecule has 0 bridgehead atoms. The number of carboxylic acid groups (broad SMARTS) is 1. The van der Waals surface area contributed by atoms with Crippen LogP contribution in [0.15, 0.2) is 0 Å². The molecule has 0 spiro atoms. The molecule has 0 aromatic rings. The highest BCUT2D eigenvalue weighted by atomic mass is 16.3. The quantitative estimate of drug-likeness (QED) is 0.615. The number of hydrogen-bond acceptors (Lipinski definition) is 3. The Morgan fingerprint density at radius 2 is 1.36 bits per heavy atom. The van der Waals surface area contributed by atoms with E-state index < -0.39 is 0 Å². The molecule has 4 nitrogen and oxygen atoms in total. The van der Waals surface area contributed by atoms with Gasteiger partial charge in [0.1, 0.15) is 0 Å². The van der Waals surface area contributed by atoms with Gasteiger partial charge < -0.3 is 16.2 Å². The maximum atomic E-state index is 8.36. The molecule has 0 aliphatic heterocycles. The van der Waals surface area contributed by atoms with Crippen molar-refractivity contribution in [3.05, 3.63) is 0 Å². The average molecular weight is 164 g/mol. The second-order valence-electron chi connectivity index (χ2n) is 1.72. The topological polar surface area (TPSA) is 75.5 Å². The van der Waals surface area contributed by atoms with Crippen molar-refractivity contribution in [1.29, 1.82) is 0 Å². The molecule has 0 heterocycles. The third-order valence-electron chi connectivity index (χ3n) is 1.34. The molecule has 0 rings (SSSR count). The van der Waals surface area contributed by atoms with Crippen LogP contribution in [0.3, 0.4) is 0 Å². The Bertz CT molecular complexity index is 60.0. The third-order valence-corrected chi connectivity index (χ3v) is 1.34. The first-order valence-corrected chi connectivity index (χ1v) is 3.56. The molecule has 0 atom stereocenters. The van der Waals surface area contributed by atoms with Crippen LogP contribution in [-0.2, 0) is 4.79 Å². The SMILES string of the molecule is CCN(CC)CC.N.O=CO. The molecule has 70 valence electrons. The van der Waals surface area contributed by atoms with Gasteiger partial charge in [0, 0.05) is 0 Å². The van der Waals surface area contributed by atoms with E-state index in [0.717, 1.165) is 0 Å². The molecule has 0 saturated heterocycles. The maximum absolute atomic E-state index is 8.36. The summed E-state index contributed by atoms with van der Waals surface area (Å²) in [7, 11) is 0. The summed E-state index contributed by atoms with van der Waals surface area (Å²) in [6, 6.07) is 0. The molecule has 4 N–H and O–H groups in total. The van der Waals surface area contributed by atoms with E-state index in [0.29, 0.717) is 0 Å². The van der Waals surface area contributed by atoms with Crippen molar-refractivity contribution in [3.63, 3.8) is 0 Å². The van der Waals surface area contributed by atoms with Crippen LogP contribution in [0, 0.1) is 0 Å². The lowest BCUT2D eigenvalue weighted by Crippen LogP contribution is -2.21. The summed E-state index contributed by atoms with van der Waals surface area (Å²) < 4.78 is 0. The van der Waals surface area contributed by atoms with E-state index in [9.17, 15) is 0 Å². The van der Waals surface area contributed by atoms with Gasteiger partial charge in [-0.2, -0.15) is 0 Å². The number of nitrogens with zero attached hydrogens (tertiary/aromatic N) is 1. The van der Waals surface area contributed by atoms with E-state index in [1.54, 1.807) is 0 Å². The highest BCUT2D eigenvalue weighted by Crippen LogP contribution is 1.81. The normalized spacial score (nSPS) is 7.64. The van der Waals surface area contributed by atoms with Gasteiger partial charge in [0.25, 0.3) is 6.47 Å². The van der Waals surface area contributed by atoms with Gasteiger partial charge in [0.2, 0.25) is 0 Å². The second-order valence-corrected chi connectivity index (χ2v) is 1.72. The lowest BCUT2D eigenvalue weighted by molar-refractivity contribution is -0.122. The fourth-order valence-corrected chi connectivity index (χ4v) is 0.671. The Morgan fingerprint density at radius 1 is 1.18 bits per heavy atom. The number of carbonyl (C=O) groups is 1. The molecule has 0 radical (unpaired) electrons. The molecule has 0 unspecified atom stereocenters. The Morgan fingerprint density at radius 3 is 1.36 bits per heavy atom. The zero-order chi connectivity index (χ0) is 8.41. The van der Waals surface area contributed by atoms with Crippen LogP contribution in [0.4, 0.5) is 0 Å². The number of hydrogen-bond donors (Lipinski definition) is 2. The van der Waals surface area contributed by atoms with Crippen LogP contribution in [0.25, 0.3) is 0 Å². The third kappa shape index (κ3) is 17.7. The summed E-state index contributed by atoms with van der Waals surface area (Å²) in [5.74, 6) is 0. The largest absolute Gasteiger partial charge is 0.483 e. The fourth-order valence-electron chi connectivity index (χ4n) is 0.671. The minimum Gasteiger partial charge on any atom is -0.483 e. The van der Waals surface area contributed by atoms with Crippen molar-refractivity contribution in [2.75, 3.05) is 19.6 Å². The Labute approximate surface area is 68.8 Å². The van der Waals surface area contributed by atoms with Crippen molar-refractivity contribution in [1.82, 2.24) is 11.1 Å². The van der Waals surface area contributed by atoms with Gasteiger partial charge in [-0.3, -0.25) is 4.79 Å². The first-order valence-electron chi connectivity index (χ1n) is 3.56. The van der Waals surface area contributed by atoms with Crippen LogP contribution >= 0.6 is 0 Å². The first kappa shape index (κ1) is 16.8. The summed E-state index contributed by atoms with van der Waals surface area (Å²) in [5, 5.41) is 6.89. The van der Waals surface area contributed by atoms with Gasteiger partial charge in [-0.25, -0.2) is 0 Å². The van der Waals surface area contributed by atoms with Gasteiger partial charge in [-0.1, -0.05) is 20.8 Å². The molecule has 0 aliphatic carbocycles. The predicted molar refractivity (Wildman–Crippen MR) is 47.2 cm³/mol. The van der Waals surface area contributed by atoms with Crippen LogP contribution in [-0.4, -0.2) is 36.1 Å². The molecule has 0 aliphatic rings. The second kappa shape index (κ2) is 16.2. The number of rotatable bonds is 3.